The fourth-order valence-electron chi connectivity index (χ4n) is 3.05. The van der Waals surface area contributed by atoms with Crippen molar-refractivity contribution >= 4 is 12.0 Å². The van der Waals surface area contributed by atoms with E-state index in [1.807, 2.05) is 60.7 Å². The number of carbonyl (C=O) groups is 2. The van der Waals surface area contributed by atoms with Crippen LogP contribution in [0.4, 0.5) is 4.79 Å². The third-order valence-electron chi connectivity index (χ3n) is 4.65. The van der Waals surface area contributed by atoms with Crippen molar-refractivity contribution in [2.45, 2.75) is 19.1 Å². The lowest BCUT2D eigenvalue weighted by molar-refractivity contribution is 0.0233. The highest BCUT2D eigenvalue weighted by Gasteiger charge is 2.15. The molecular weight excluding hydrogens is 394 g/mol. The standard InChI is InChI=1S/C24H21N3O4/c28-23(26-30-16-18-8-3-1-4-9-18)20-11-7-10-19(14-20)22-15-27(17-25-22)24(29)31-21-12-5-2-6-13-21/h1-12,14-15,17,21H,13,16H2,(H,26,28). The van der Waals surface area contributed by atoms with Crippen LogP contribution in [-0.4, -0.2) is 27.7 Å². The molecule has 0 fully saturated rings. The maximum absolute atomic E-state index is 12.4. The van der Waals surface area contributed by atoms with E-state index in [0.717, 1.165) is 5.56 Å². The first kappa shape index (κ1) is 20.3. The summed E-state index contributed by atoms with van der Waals surface area (Å²) in [4.78, 5) is 34.3. The Hall–Kier alpha value is -3.97. The molecule has 0 saturated carbocycles. The van der Waals surface area contributed by atoms with Gasteiger partial charge >= 0.3 is 6.09 Å². The lowest BCUT2D eigenvalue weighted by Gasteiger charge is -2.13. The summed E-state index contributed by atoms with van der Waals surface area (Å²) < 4.78 is 6.72. The van der Waals surface area contributed by atoms with Crippen LogP contribution in [0.15, 0.2) is 91.4 Å². The summed E-state index contributed by atoms with van der Waals surface area (Å²) in [7, 11) is 0. The van der Waals surface area contributed by atoms with Gasteiger partial charge in [-0.2, -0.15) is 0 Å². The number of rotatable bonds is 6. The molecular formula is C24H21N3O4. The highest BCUT2D eigenvalue weighted by molar-refractivity contribution is 5.94. The van der Waals surface area contributed by atoms with Crippen LogP contribution in [0.3, 0.4) is 0 Å². The molecule has 7 heteroatoms. The minimum Gasteiger partial charge on any atom is -0.441 e. The Morgan fingerprint density at radius 3 is 2.77 bits per heavy atom. The molecule has 0 bridgehead atoms. The zero-order chi connectivity index (χ0) is 21.5. The van der Waals surface area contributed by atoms with E-state index in [4.69, 9.17) is 9.57 Å². The number of benzene rings is 2. The van der Waals surface area contributed by atoms with Crippen LogP contribution < -0.4 is 5.48 Å². The lowest BCUT2D eigenvalue weighted by atomic mass is 10.1. The Morgan fingerprint density at radius 1 is 1.10 bits per heavy atom. The minimum atomic E-state index is -0.507. The van der Waals surface area contributed by atoms with Crippen molar-refractivity contribution in [2.24, 2.45) is 0 Å². The summed E-state index contributed by atoms with van der Waals surface area (Å²) in [5.41, 5.74) is 5.06. The second-order valence-corrected chi connectivity index (χ2v) is 6.92. The molecule has 31 heavy (non-hydrogen) atoms. The molecule has 0 radical (unpaired) electrons. The van der Waals surface area contributed by atoms with Crippen LogP contribution in [0.5, 0.6) is 0 Å². The van der Waals surface area contributed by atoms with Gasteiger partial charge in [0.15, 0.2) is 0 Å². The molecule has 1 atom stereocenters. The molecule has 156 valence electrons. The average Bonchev–Trinajstić information content (AvgIpc) is 3.31. The highest BCUT2D eigenvalue weighted by atomic mass is 16.6. The van der Waals surface area contributed by atoms with Crippen LogP contribution in [-0.2, 0) is 16.2 Å². The van der Waals surface area contributed by atoms with E-state index in [9.17, 15) is 9.59 Å². The predicted molar refractivity (Wildman–Crippen MR) is 115 cm³/mol. The number of aromatic nitrogens is 2. The van der Waals surface area contributed by atoms with Crippen LogP contribution in [0.25, 0.3) is 11.3 Å². The number of hydrogen-bond donors (Lipinski definition) is 1. The Labute approximate surface area is 179 Å². The van der Waals surface area contributed by atoms with Crippen molar-refractivity contribution in [1.82, 2.24) is 15.0 Å². The zero-order valence-electron chi connectivity index (χ0n) is 16.7. The van der Waals surface area contributed by atoms with Crippen molar-refractivity contribution < 1.29 is 19.2 Å². The monoisotopic (exact) mass is 415 g/mol. The first-order valence-electron chi connectivity index (χ1n) is 9.84. The molecule has 1 heterocycles. The first-order chi connectivity index (χ1) is 15.2. The van der Waals surface area contributed by atoms with E-state index in [0.29, 0.717) is 23.2 Å². The lowest BCUT2D eigenvalue weighted by Crippen LogP contribution is -2.23. The molecule has 1 aliphatic rings. The number of amides is 1. The van der Waals surface area contributed by atoms with E-state index in [1.54, 1.807) is 24.4 Å². The summed E-state index contributed by atoms with van der Waals surface area (Å²) >= 11 is 0. The third-order valence-corrected chi connectivity index (χ3v) is 4.65. The average molecular weight is 415 g/mol. The van der Waals surface area contributed by atoms with Crippen molar-refractivity contribution in [3.8, 4) is 11.3 Å². The molecule has 3 aromatic rings. The van der Waals surface area contributed by atoms with E-state index in [-0.39, 0.29) is 18.6 Å². The number of hydroxylamine groups is 1. The second kappa shape index (κ2) is 9.69. The Bertz CT molecular complexity index is 1120. The van der Waals surface area contributed by atoms with Gasteiger partial charge in [-0.3, -0.25) is 9.63 Å². The van der Waals surface area contributed by atoms with Crippen LogP contribution in [0, 0.1) is 0 Å². The largest absolute Gasteiger partial charge is 0.441 e. The molecule has 7 nitrogen and oxygen atoms in total. The molecule has 1 amide bonds. The molecule has 0 aliphatic heterocycles. The molecule has 1 unspecified atom stereocenters. The second-order valence-electron chi connectivity index (χ2n) is 6.92. The van der Waals surface area contributed by atoms with Crippen LogP contribution in [0.2, 0.25) is 0 Å². The predicted octanol–water partition coefficient (Wildman–Crippen LogP) is 4.28. The Morgan fingerprint density at radius 2 is 1.97 bits per heavy atom. The van der Waals surface area contributed by atoms with Crippen LogP contribution >= 0.6 is 0 Å². The fourth-order valence-corrected chi connectivity index (χ4v) is 3.05. The van der Waals surface area contributed by atoms with Crippen molar-refractivity contribution in [2.75, 3.05) is 0 Å². The van der Waals surface area contributed by atoms with Crippen molar-refractivity contribution in [1.29, 1.82) is 0 Å². The van der Waals surface area contributed by atoms with Crippen molar-refractivity contribution in [3.63, 3.8) is 0 Å². The molecule has 1 aromatic heterocycles. The molecule has 4 rings (SSSR count). The van der Waals surface area contributed by atoms with Gasteiger partial charge in [-0.05, 0) is 23.8 Å². The number of ether oxygens (including phenoxy) is 1. The van der Waals surface area contributed by atoms with Gasteiger partial charge in [-0.15, -0.1) is 0 Å². The van der Waals surface area contributed by atoms with Crippen molar-refractivity contribution in [3.05, 3.63) is 103 Å². The molecule has 2 aromatic carbocycles. The maximum Gasteiger partial charge on any atom is 0.419 e. The Balaban J connectivity index is 1.37. The molecule has 1 aliphatic carbocycles. The van der Waals surface area contributed by atoms with E-state index >= 15 is 0 Å². The van der Waals surface area contributed by atoms with Gasteiger partial charge in [-0.25, -0.2) is 19.8 Å². The van der Waals surface area contributed by atoms with Gasteiger partial charge in [0, 0.05) is 23.7 Å². The number of nitrogens with one attached hydrogen (secondary N) is 1. The third kappa shape index (κ3) is 5.34. The summed E-state index contributed by atoms with van der Waals surface area (Å²) in [6, 6.07) is 16.5. The smallest absolute Gasteiger partial charge is 0.419 e. The summed E-state index contributed by atoms with van der Waals surface area (Å²) in [5, 5.41) is 0. The minimum absolute atomic E-state index is 0.269. The van der Waals surface area contributed by atoms with Gasteiger partial charge in [0.1, 0.15) is 12.4 Å². The first-order valence-corrected chi connectivity index (χ1v) is 9.84. The van der Waals surface area contributed by atoms with Crippen LogP contribution in [0.1, 0.15) is 22.3 Å². The van der Waals surface area contributed by atoms with E-state index < -0.39 is 6.09 Å². The quantitative estimate of drug-likeness (QED) is 0.608. The topological polar surface area (TPSA) is 82.5 Å². The van der Waals surface area contributed by atoms with Gasteiger partial charge in [0.05, 0.1) is 12.3 Å². The fraction of sp³-hybridized carbons (Fsp3) is 0.125. The summed E-state index contributed by atoms with van der Waals surface area (Å²) in [6.45, 7) is 0.269. The number of imidazole rings is 1. The number of carbonyl (C=O) groups excluding carboxylic acids is 2. The van der Waals surface area contributed by atoms with Gasteiger partial charge in [0.25, 0.3) is 5.91 Å². The molecule has 1 N–H and O–H groups in total. The van der Waals surface area contributed by atoms with E-state index in [1.165, 1.54) is 10.9 Å². The summed E-state index contributed by atoms with van der Waals surface area (Å²) in [6.07, 6.45) is 10.4. The normalized spacial score (nSPS) is 14.9. The van der Waals surface area contributed by atoms with Gasteiger partial charge in [0.2, 0.25) is 0 Å². The van der Waals surface area contributed by atoms with Gasteiger partial charge < -0.3 is 4.74 Å². The summed E-state index contributed by atoms with van der Waals surface area (Å²) in [5.74, 6) is -0.367. The van der Waals surface area contributed by atoms with Gasteiger partial charge in [-0.1, -0.05) is 60.7 Å². The number of hydrogen-bond acceptors (Lipinski definition) is 5. The maximum atomic E-state index is 12.4. The highest BCUT2D eigenvalue weighted by Crippen LogP contribution is 2.19. The zero-order valence-corrected chi connectivity index (χ0v) is 16.7. The molecule has 0 spiro atoms. The number of allylic oxidation sites excluding steroid dienone is 2. The molecule has 0 saturated heterocycles. The number of nitrogens with zero attached hydrogens (tertiary/aromatic N) is 2. The SMILES string of the molecule is O=C(NOCc1ccccc1)c1cccc(-c2cn(C(=O)OC3C=CC=CC3)cn2)c1. The Kier molecular flexibility index (Phi) is 6.35. The van der Waals surface area contributed by atoms with E-state index in [2.05, 4.69) is 10.5 Å².